The van der Waals surface area contributed by atoms with Gasteiger partial charge in [0.2, 0.25) is 5.91 Å². The van der Waals surface area contributed by atoms with Gasteiger partial charge in [-0.05, 0) is 0 Å². The number of carbonyl (C=O) groups excluding carboxylic acids is 1. The molecule has 0 saturated carbocycles. The zero-order valence-corrected chi connectivity index (χ0v) is 14.7. The highest BCUT2D eigenvalue weighted by molar-refractivity contribution is 14.0. The first-order valence-electron chi connectivity index (χ1n) is 6.70. The number of nitrogens with one attached hydrogen (secondary N) is 2. The van der Waals surface area contributed by atoms with Gasteiger partial charge in [-0.2, -0.15) is 0 Å². The van der Waals surface area contributed by atoms with Gasteiger partial charge in [0.25, 0.3) is 0 Å². The number of rotatable bonds is 5. The van der Waals surface area contributed by atoms with E-state index in [-0.39, 0.29) is 29.9 Å². The molecule has 1 rings (SSSR count). The van der Waals surface area contributed by atoms with Crippen LogP contribution >= 0.6 is 24.0 Å². The summed E-state index contributed by atoms with van der Waals surface area (Å²) in [6.07, 6.45) is 1.80. The van der Waals surface area contributed by atoms with Gasteiger partial charge in [-0.3, -0.25) is 14.7 Å². The molecule has 2 N–H and O–H groups in total. The van der Waals surface area contributed by atoms with Crippen molar-refractivity contribution >= 4 is 35.8 Å². The molecule has 0 unspecified atom stereocenters. The van der Waals surface area contributed by atoms with E-state index in [1.807, 2.05) is 4.90 Å². The number of piperazine rings is 1. The monoisotopic (exact) mass is 395 g/mol. The average molecular weight is 395 g/mol. The van der Waals surface area contributed by atoms with Gasteiger partial charge in [0.15, 0.2) is 5.96 Å². The number of halogens is 1. The molecule has 1 saturated heterocycles. The lowest BCUT2D eigenvalue weighted by molar-refractivity contribution is -0.130. The lowest BCUT2D eigenvalue weighted by Crippen LogP contribution is -2.50. The third kappa shape index (κ3) is 7.09. The van der Waals surface area contributed by atoms with Crippen LogP contribution in [0.4, 0.5) is 0 Å². The molecule has 1 fully saturated rings. The average Bonchev–Trinajstić information content (AvgIpc) is 2.43. The Morgan fingerprint density at radius 2 is 1.95 bits per heavy atom. The second-order valence-electron chi connectivity index (χ2n) is 4.52. The summed E-state index contributed by atoms with van der Waals surface area (Å²) in [5.41, 5.74) is 0. The van der Waals surface area contributed by atoms with Gasteiger partial charge in [-0.1, -0.05) is 6.08 Å². The minimum absolute atomic E-state index is 0. The number of hydrogen-bond acceptors (Lipinski definition) is 3. The van der Waals surface area contributed by atoms with Crippen LogP contribution in [-0.4, -0.2) is 74.5 Å². The molecule has 1 heterocycles. The largest absolute Gasteiger partial charge is 0.355 e. The summed E-state index contributed by atoms with van der Waals surface area (Å²) in [4.78, 5) is 19.6. The maximum absolute atomic E-state index is 11.2. The van der Waals surface area contributed by atoms with Crippen molar-refractivity contribution in [1.29, 1.82) is 0 Å². The maximum atomic E-state index is 11.2. The normalized spacial score (nSPS) is 16.3. The SMILES string of the molecule is C=CCNC(=NC)NCCN1CCN(C(C)=O)CC1.I. The van der Waals surface area contributed by atoms with Gasteiger partial charge in [0.05, 0.1) is 0 Å². The van der Waals surface area contributed by atoms with Crippen LogP contribution in [0.5, 0.6) is 0 Å². The highest BCUT2D eigenvalue weighted by atomic mass is 127. The van der Waals surface area contributed by atoms with Crippen LogP contribution < -0.4 is 10.6 Å². The number of hydrogen-bond donors (Lipinski definition) is 2. The van der Waals surface area contributed by atoms with Crippen LogP contribution in [0, 0.1) is 0 Å². The van der Waals surface area contributed by atoms with Gasteiger partial charge in [0.1, 0.15) is 0 Å². The summed E-state index contributed by atoms with van der Waals surface area (Å²) < 4.78 is 0. The van der Waals surface area contributed by atoms with E-state index in [1.54, 1.807) is 20.0 Å². The van der Waals surface area contributed by atoms with Crippen LogP contribution in [-0.2, 0) is 4.79 Å². The lowest BCUT2D eigenvalue weighted by Gasteiger charge is -2.34. The number of guanidine groups is 1. The molecule has 116 valence electrons. The van der Waals surface area contributed by atoms with Gasteiger partial charge < -0.3 is 15.5 Å². The summed E-state index contributed by atoms with van der Waals surface area (Å²) in [7, 11) is 1.75. The molecule has 0 radical (unpaired) electrons. The van der Waals surface area contributed by atoms with Crippen molar-refractivity contribution in [3.63, 3.8) is 0 Å². The first-order valence-corrected chi connectivity index (χ1v) is 6.70. The molecule has 7 heteroatoms. The molecule has 0 atom stereocenters. The number of carbonyl (C=O) groups is 1. The van der Waals surface area contributed by atoms with Crippen LogP contribution in [0.2, 0.25) is 0 Å². The van der Waals surface area contributed by atoms with Crippen LogP contribution in [0.1, 0.15) is 6.92 Å². The molecule has 0 spiro atoms. The molecule has 1 aliphatic heterocycles. The minimum atomic E-state index is 0. The highest BCUT2D eigenvalue weighted by Gasteiger charge is 2.17. The van der Waals surface area contributed by atoms with Crippen LogP contribution in [0.25, 0.3) is 0 Å². The molecule has 20 heavy (non-hydrogen) atoms. The van der Waals surface area contributed by atoms with Crippen molar-refractivity contribution in [3.8, 4) is 0 Å². The zero-order chi connectivity index (χ0) is 14.1. The molecular weight excluding hydrogens is 369 g/mol. The van der Waals surface area contributed by atoms with Crippen LogP contribution in [0.3, 0.4) is 0 Å². The van der Waals surface area contributed by atoms with E-state index < -0.39 is 0 Å². The van der Waals surface area contributed by atoms with Gasteiger partial charge >= 0.3 is 0 Å². The van der Waals surface area contributed by atoms with E-state index in [1.165, 1.54) is 0 Å². The molecular formula is C13H26IN5O. The Labute approximate surface area is 138 Å². The molecule has 0 aliphatic carbocycles. The van der Waals surface area contributed by atoms with Crippen LogP contribution in [0.15, 0.2) is 17.6 Å². The van der Waals surface area contributed by atoms with E-state index in [0.29, 0.717) is 6.54 Å². The van der Waals surface area contributed by atoms with Gasteiger partial charge in [0, 0.05) is 59.8 Å². The molecule has 0 aromatic rings. The topological polar surface area (TPSA) is 60.0 Å². The van der Waals surface area contributed by atoms with Gasteiger partial charge in [-0.15, -0.1) is 30.6 Å². The minimum Gasteiger partial charge on any atom is -0.355 e. The first-order chi connectivity index (χ1) is 9.17. The number of amides is 1. The fraction of sp³-hybridized carbons (Fsp3) is 0.692. The van der Waals surface area contributed by atoms with Crippen molar-refractivity contribution in [2.24, 2.45) is 4.99 Å². The quantitative estimate of drug-likeness (QED) is 0.301. The number of nitrogens with zero attached hydrogens (tertiary/aromatic N) is 3. The van der Waals surface area contributed by atoms with Crippen molar-refractivity contribution in [2.75, 3.05) is 52.9 Å². The third-order valence-corrected chi connectivity index (χ3v) is 3.18. The Balaban J connectivity index is 0.00000361. The molecule has 6 nitrogen and oxygen atoms in total. The maximum Gasteiger partial charge on any atom is 0.219 e. The summed E-state index contributed by atoms with van der Waals surface area (Å²) in [6, 6.07) is 0. The van der Waals surface area contributed by atoms with Crippen molar-refractivity contribution in [2.45, 2.75) is 6.92 Å². The second kappa shape index (κ2) is 10.9. The predicted molar refractivity (Wildman–Crippen MR) is 93.7 cm³/mol. The highest BCUT2D eigenvalue weighted by Crippen LogP contribution is 2.00. The fourth-order valence-electron chi connectivity index (χ4n) is 2.01. The summed E-state index contributed by atoms with van der Waals surface area (Å²) in [5.74, 6) is 0.967. The zero-order valence-electron chi connectivity index (χ0n) is 12.4. The Hall–Kier alpha value is -0.830. The third-order valence-electron chi connectivity index (χ3n) is 3.18. The Bertz CT molecular complexity index is 327. The molecule has 0 aromatic carbocycles. The fourth-order valence-corrected chi connectivity index (χ4v) is 2.01. The van der Waals surface area contributed by atoms with E-state index >= 15 is 0 Å². The lowest BCUT2D eigenvalue weighted by atomic mass is 10.3. The Morgan fingerprint density at radius 1 is 1.30 bits per heavy atom. The molecule has 1 amide bonds. The Morgan fingerprint density at radius 3 is 2.45 bits per heavy atom. The van der Waals surface area contributed by atoms with E-state index in [4.69, 9.17) is 0 Å². The molecule has 0 bridgehead atoms. The summed E-state index contributed by atoms with van der Waals surface area (Å²) in [6.45, 7) is 11.3. The second-order valence-corrected chi connectivity index (χ2v) is 4.52. The smallest absolute Gasteiger partial charge is 0.219 e. The standard InChI is InChI=1S/C13H25N5O.HI/c1-4-5-15-13(14-3)16-6-7-17-8-10-18(11-9-17)12(2)19;/h4H,1,5-11H2,2-3H3,(H2,14,15,16);1H. The molecule has 1 aliphatic rings. The van der Waals surface area contributed by atoms with E-state index in [0.717, 1.165) is 45.2 Å². The van der Waals surface area contributed by atoms with Crippen molar-refractivity contribution in [3.05, 3.63) is 12.7 Å². The summed E-state index contributed by atoms with van der Waals surface area (Å²) >= 11 is 0. The van der Waals surface area contributed by atoms with Crippen molar-refractivity contribution < 1.29 is 4.79 Å². The van der Waals surface area contributed by atoms with Gasteiger partial charge in [-0.25, -0.2) is 0 Å². The first kappa shape index (κ1) is 19.2. The van der Waals surface area contributed by atoms with E-state index in [2.05, 4.69) is 27.1 Å². The molecule has 0 aromatic heterocycles. The predicted octanol–water partition coefficient (Wildman–Crippen LogP) is 0.120. The van der Waals surface area contributed by atoms with Crippen molar-refractivity contribution in [1.82, 2.24) is 20.4 Å². The number of aliphatic imine (C=N–C) groups is 1. The summed E-state index contributed by atoms with van der Waals surface area (Å²) in [5, 5.41) is 6.38. The Kier molecular flexibility index (Phi) is 10.4. The van der Waals surface area contributed by atoms with E-state index in [9.17, 15) is 4.79 Å².